The monoisotopic (exact) mass is 314 g/mol. The van der Waals surface area contributed by atoms with Gasteiger partial charge in [-0.05, 0) is 49.4 Å². The Hall–Kier alpha value is -1.06. The van der Waals surface area contributed by atoms with Gasteiger partial charge >= 0.3 is 11.9 Å². The van der Waals surface area contributed by atoms with Gasteiger partial charge in [0.15, 0.2) is 0 Å². The van der Waals surface area contributed by atoms with E-state index in [1.807, 2.05) is 0 Å². The molecular weight excluding hydrogens is 280 g/mol. The van der Waals surface area contributed by atoms with Crippen molar-refractivity contribution in [1.82, 2.24) is 0 Å². The summed E-state index contributed by atoms with van der Waals surface area (Å²) in [5.74, 6) is 0.495. The highest BCUT2D eigenvalue weighted by atomic mass is 16.6. The van der Waals surface area contributed by atoms with Gasteiger partial charge in [0, 0.05) is 0 Å². The summed E-state index contributed by atoms with van der Waals surface area (Å²) in [4.78, 5) is 23.0. The second-order valence-electron chi connectivity index (χ2n) is 7.32. The first kappa shape index (κ1) is 20.9. The van der Waals surface area contributed by atoms with Gasteiger partial charge in [-0.25, -0.2) is 9.59 Å². The van der Waals surface area contributed by atoms with Gasteiger partial charge in [0.05, 0.1) is 13.2 Å². The zero-order valence-corrected chi connectivity index (χ0v) is 15.2. The van der Waals surface area contributed by atoms with Crippen molar-refractivity contribution >= 4 is 11.9 Å². The third kappa shape index (κ3) is 11.6. The molecule has 130 valence electrons. The molecule has 0 aliphatic heterocycles. The molecular formula is C18H34O4. The molecule has 2 unspecified atom stereocenters. The third-order valence-corrected chi connectivity index (χ3v) is 3.60. The van der Waals surface area contributed by atoms with E-state index >= 15 is 0 Å². The first-order valence-electron chi connectivity index (χ1n) is 8.56. The van der Waals surface area contributed by atoms with Crippen LogP contribution in [0.5, 0.6) is 0 Å². The molecule has 0 aromatic carbocycles. The largest absolute Gasteiger partial charge is 0.457 e. The van der Waals surface area contributed by atoms with Crippen LogP contribution in [-0.4, -0.2) is 25.2 Å². The fourth-order valence-corrected chi connectivity index (χ4v) is 2.67. The molecule has 0 spiro atoms. The molecule has 0 bridgehead atoms. The van der Waals surface area contributed by atoms with E-state index in [0.29, 0.717) is 23.7 Å². The second-order valence-corrected chi connectivity index (χ2v) is 7.32. The summed E-state index contributed by atoms with van der Waals surface area (Å²) >= 11 is 0. The van der Waals surface area contributed by atoms with Crippen LogP contribution < -0.4 is 0 Å². The van der Waals surface area contributed by atoms with Crippen LogP contribution in [0.4, 0.5) is 0 Å². The van der Waals surface area contributed by atoms with Crippen LogP contribution in [0.2, 0.25) is 0 Å². The van der Waals surface area contributed by atoms with Gasteiger partial charge in [-0.2, -0.15) is 0 Å². The SMILES string of the molecule is CC(C)CC(C)CCOC(=O)C(=O)OCCC(C)CC(C)C. The molecule has 4 heteroatoms. The maximum atomic E-state index is 11.5. The number of carbonyl (C=O) groups is 2. The summed E-state index contributed by atoms with van der Waals surface area (Å²) in [6.45, 7) is 13.5. The number of hydrogen-bond donors (Lipinski definition) is 0. The van der Waals surface area contributed by atoms with Crippen LogP contribution in [0.3, 0.4) is 0 Å². The average molecular weight is 314 g/mol. The first-order chi connectivity index (χ1) is 10.2. The van der Waals surface area contributed by atoms with Crippen LogP contribution in [0.1, 0.15) is 67.2 Å². The smallest absolute Gasteiger partial charge is 0.417 e. The second kappa shape index (κ2) is 11.5. The van der Waals surface area contributed by atoms with Crippen LogP contribution in [0.25, 0.3) is 0 Å². The van der Waals surface area contributed by atoms with E-state index < -0.39 is 11.9 Å². The predicted octanol–water partition coefficient (Wildman–Crippen LogP) is 4.22. The standard InChI is InChI=1S/C18H34O4/c1-13(2)11-15(5)7-9-21-17(19)18(20)22-10-8-16(6)12-14(3)4/h13-16H,7-12H2,1-6H3. The Bertz CT molecular complexity index is 291. The fraction of sp³-hybridized carbons (Fsp3) is 0.889. The first-order valence-corrected chi connectivity index (χ1v) is 8.56. The molecule has 22 heavy (non-hydrogen) atoms. The lowest BCUT2D eigenvalue weighted by Gasteiger charge is -2.14. The molecule has 0 saturated heterocycles. The zero-order chi connectivity index (χ0) is 17.1. The average Bonchev–Trinajstić information content (AvgIpc) is 2.36. The fourth-order valence-electron chi connectivity index (χ4n) is 2.67. The summed E-state index contributed by atoms with van der Waals surface area (Å²) in [6, 6.07) is 0. The lowest BCUT2D eigenvalue weighted by atomic mass is 9.96. The quantitative estimate of drug-likeness (QED) is 0.447. The van der Waals surface area contributed by atoms with Gasteiger partial charge in [0.2, 0.25) is 0 Å². The highest BCUT2D eigenvalue weighted by Crippen LogP contribution is 2.15. The Morgan fingerprint density at radius 2 is 1.00 bits per heavy atom. The summed E-state index contributed by atoms with van der Waals surface area (Å²) < 4.78 is 9.93. The van der Waals surface area contributed by atoms with Gasteiger partial charge in [-0.1, -0.05) is 41.5 Å². The summed E-state index contributed by atoms with van der Waals surface area (Å²) in [5.41, 5.74) is 0. The molecule has 0 aromatic heterocycles. The number of hydrogen-bond acceptors (Lipinski definition) is 4. The Labute approximate surface area is 135 Å². The maximum absolute atomic E-state index is 11.5. The van der Waals surface area contributed by atoms with E-state index in [0.717, 1.165) is 25.7 Å². The molecule has 0 aliphatic rings. The van der Waals surface area contributed by atoms with E-state index in [4.69, 9.17) is 9.47 Å². The van der Waals surface area contributed by atoms with Crippen molar-refractivity contribution in [3.63, 3.8) is 0 Å². The Morgan fingerprint density at radius 3 is 1.27 bits per heavy atom. The van der Waals surface area contributed by atoms with Crippen molar-refractivity contribution in [2.45, 2.75) is 67.2 Å². The van der Waals surface area contributed by atoms with Gasteiger partial charge in [0.25, 0.3) is 0 Å². The molecule has 0 radical (unpaired) electrons. The number of esters is 2. The third-order valence-electron chi connectivity index (χ3n) is 3.60. The molecule has 0 amide bonds. The van der Waals surface area contributed by atoms with Crippen molar-refractivity contribution in [1.29, 1.82) is 0 Å². The van der Waals surface area contributed by atoms with Gasteiger partial charge in [-0.3, -0.25) is 0 Å². The number of carbonyl (C=O) groups excluding carboxylic acids is 2. The molecule has 0 aliphatic carbocycles. The van der Waals surface area contributed by atoms with Crippen molar-refractivity contribution in [2.24, 2.45) is 23.7 Å². The van der Waals surface area contributed by atoms with E-state index in [-0.39, 0.29) is 13.2 Å². The molecule has 0 heterocycles. The van der Waals surface area contributed by atoms with Crippen molar-refractivity contribution < 1.29 is 19.1 Å². The molecule has 2 atom stereocenters. The molecule has 0 rings (SSSR count). The molecule has 0 fully saturated rings. The van der Waals surface area contributed by atoms with Crippen molar-refractivity contribution in [2.75, 3.05) is 13.2 Å². The van der Waals surface area contributed by atoms with Crippen LogP contribution >= 0.6 is 0 Å². The minimum Gasteiger partial charge on any atom is -0.457 e. The van der Waals surface area contributed by atoms with Crippen LogP contribution in [0, 0.1) is 23.7 Å². The minimum atomic E-state index is -0.867. The highest BCUT2D eigenvalue weighted by Gasteiger charge is 2.18. The highest BCUT2D eigenvalue weighted by molar-refractivity contribution is 6.29. The van der Waals surface area contributed by atoms with Gasteiger partial charge < -0.3 is 9.47 Å². The normalized spacial score (nSPS) is 14.0. The van der Waals surface area contributed by atoms with Crippen molar-refractivity contribution in [3.05, 3.63) is 0 Å². The predicted molar refractivity (Wildman–Crippen MR) is 88.4 cm³/mol. The van der Waals surface area contributed by atoms with Crippen LogP contribution in [-0.2, 0) is 19.1 Å². The molecule has 4 nitrogen and oxygen atoms in total. The molecule has 0 saturated carbocycles. The van der Waals surface area contributed by atoms with Crippen LogP contribution in [0.15, 0.2) is 0 Å². The lowest BCUT2D eigenvalue weighted by molar-refractivity contribution is -0.168. The zero-order valence-electron chi connectivity index (χ0n) is 15.2. The Morgan fingerprint density at radius 1 is 0.682 bits per heavy atom. The summed E-state index contributed by atoms with van der Waals surface area (Å²) in [7, 11) is 0. The lowest BCUT2D eigenvalue weighted by Crippen LogP contribution is -2.22. The summed E-state index contributed by atoms with van der Waals surface area (Å²) in [5, 5.41) is 0. The van der Waals surface area contributed by atoms with Gasteiger partial charge in [-0.15, -0.1) is 0 Å². The Kier molecular flexibility index (Phi) is 10.9. The number of rotatable bonds is 10. The topological polar surface area (TPSA) is 52.6 Å². The molecule has 0 N–H and O–H groups in total. The number of ether oxygens (including phenoxy) is 2. The van der Waals surface area contributed by atoms with E-state index in [1.54, 1.807) is 0 Å². The minimum absolute atomic E-state index is 0.283. The van der Waals surface area contributed by atoms with Crippen molar-refractivity contribution in [3.8, 4) is 0 Å². The van der Waals surface area contributed by atoms with Gasteiger partial charge in [0.1, 0.15) is 0 Å². The maximum Gasteiger partial charge on any atom is 0.417 e. The Balaban J connectivity index is 3.77. The van der Waals surface area contributed by atoms with E-state index in [9.17, 15) is 9.59 Å². The summed E-state index contributed by atoms with van der Waals surface area (Å²) in [6.07, 6.45) is 3.75. The molecule has 0 aromatic rings. The van der Waals surface area contributed by atoms with E-state index in [1.165, 1.54) is 0 Å². The van der Waals surface area contributed by atoms with E-state index in [2.05, 4.69) is 41.5 Å².